The molecule has 0 unspecified atom stereocenters. The second kappa shape index (κ2) is 7.42. The normalized spacial score (nSPS) is 14.7. The number of fused-ring (bicyclic) bond motifs is 1. The summed E-state index contributed by atoms with van der Waals surface area (Å²) in [5.41, 5.74) is -2.32. The molecule has 1 aliphatic rings. The number of nitrogens with zero attached hydrogens (tertiary/aromatic N) is 3. The van der Waals surface area contributed by atoms with Crippen molar-refractivity contribution in [2.24, 2.45) is 5.41 Å². The third kappa shape index (κ3) is 4.81. The number of aliphatic hydroxyl groups is 1. The van der Waals surface area contributed by atoms with Gasteiger partial charge in [0.25, 0.3) is 17.4 Å². The lowest BCUT2D eigenvalue weighted by atomic mass is 9.97. The number of carbonyl (C=O) groups is 2. The van der Waals surface area contributed by atoms with Crippen LogP contribution < -0.4 is 16.2 Å². The minimum absolute atomic E-state index is 0.00357. The third-order valence-corrected chi connectivity index (χ3v) is 4.54. The van der Waals surface area contributed by atoms with Crippen molar-refractivity contribution in [1.82, 2.24) is 24.8 Å². The topological polar surface area (TPSA) is 138 Å². The van der Waals surface area contributed by atoms with Gasteiger partial charge in [-0.25, -0.2) is 0 Å². The van der Waals surface area contributed by atoms with Crippen LogP contribution >= 0.6 is 0 Å². The molecule has 0 saturated heterocycles. The minimum atomic E-state index is -1.11. The Bertz CT molecular complexity index is 1050. The first kappa shape index (κ1) is 21.8. The van der Waals surface area contributed by atoms with Gasteiger partial charge in [-0.05, 0) is 32.1 Å². The van der Waals surface area contributed by atoms with Crippen LogP contribution in [0.15, 0.2) is 10.9 Å². The highest BCUT2D eigenvalue weighted by Gasteiger charge is 2.30. The van der Waals surface area contributed by atoms with Gasteiger partial charge in [0.1, 0.15) is 5.65 Å². The Hall–Kier alpha value is -2.88. The van der Waals surface area contributed by atoms with Gasteiger partial charge in [0, 0.05) is 25.2 Å². The number of aromatic hydroxyl groups is 1. The van der Waals surface area contributed by atoms with Gasteiger partial charge in [-0.1, -0.05) is 20.8 Å². The van der Waals surface area contributed by atoms with E-state index in [1.165, 1.54) is 10.6 Å². The highest BCUT2D eigenvalue weighted by molar-refractivity contribution is 5.97. The van der Waals surface area contributed by atoms with Gasteiger partial charge in [-0.2, -0.15) is 9.61 Å². The van der Waals surface area contributed by atoms with Gasteiger partial charge in [0.05, 0.1) is 5.60 Å². The molecule has 4 N–H and O–H groups in total. The first-order chi connectivity index (χ1) is 13.8. The molecular formula is C20H29N5O5. The maximum absolute atomic E-state index is 13.1. The molecule has 10 heteroatoms. The van der Waals surface area contributed by atoms with Gasteiger partial charge in [-0.3, -0.25) is 19.0 Å². The van der Waals surface area contributed by atoms with E-state index in [-0.39, 0.29) is 35.9 Å². The van der Waals surface area contributed by atoms with Crippen molar-refractivity contribution in [2.45, 2.75) is 65.6 Å². The maximum atomic E-state index is 13.1. The molecule has 2 aromatic rings. The van der Waals surface area contributed by atoms with E-state index in [1.807, 2.05) is 20.8 Å². The molecule has 0 bridgehead atoms. The van der Waals surface area contributed by atoms with Crippen LogP contribution in [-0.4, -0.2) is 54.4 Å². The summed E-state index contributed by atoms with van der Waals surface area (Å²) in [6.45, 7) is 9.13. The predicted molar refractivity (Wildman–Crippen MR) is 110 cm³/mol. The third-order valence-electron chi connectivity index (χ3n) is 4.54. The summed E-state index contributed by atoms with van der Waals surface area (Å²) in [6.07, 6.45) is 1.66. The number of hydrogen-bond donors (Lipinski definition) is 4. The molecule has 2 aromatic heterocycles. The fraction of sp³-hybridized carbons (Fsp3) is 0.600. The van der Waals surface area contributed by atoms with E-state index in [0.717, 1.165) is 17.4 Å². The van der Waals surface area contributed by atoms with Crippen molar-refractivity contribution in [3.05, 3.63) is 27.7 Å². The van der Waals surface area contributed by atoms with Gasteiger partial charge in [0.15, 0.2) is 11.3 Å². The average molecular weight is 419 g/mol. The first-order valence-corrected chi connectivity index (χ1v) is 9.94. The van der Waals surface area contributed by atoms with E-state index in [1.54, 1.807) is 13.8 Å². The lowest BCUT2D eigenvalue weighted by Gasteiger charge is -2.21. The van der Waals surface area contributed by atoms with Gasteiger partial charge < -0.3 is 20.8 Å². The van der Waals surface area contributed by atoms with Gasteiger partial charge >= 0.3 is 0 Å². The molecule has 10 nitrogen and oxygen atoms in total. The molecule has 0 spiro atoms. The van der Waals surface area contributed by atoms with Crippen LogP contribution in [0.25, 0.3) is 5.65 Å². The summed E-state index contributed by atoms with van der Waals surface area (Å²) in [6, 6.07) is 1.39. The molecule has 0 aliphatic heterocycles. The monoisotopic (exact) mass is 419 g/mol. The Morgan fingerprint density at radius 2 is 1.83 bits per heavy atom. The van der Waals surface area contributed by atoms with E-state index in [4.69, 9.17) is 0 Å². The van der Waals surface area contributed by atoms with E-state index in [9.17, 15) is 24.6 Å². The number of aromatic nitrogens is 3. The Labute approximate surface area is 173 Å². The second-order valence-electron chi connectivity index (χ2n) is 9.69. The fourth-order valence-corrected chi connectivity index (χ4v) is 2.97. The molecular weight excluding hydrogens is 390 g/mol. The van der Waals surface area contributed by atoms with E-state index >= 15 is 0 Å². The van der Waals surface area contributed by atoms with Crippen molar-refractivity contribution in [3.8, 4) is 5.88 Å². The molecule has 0 radical (unpaired) electrons. The summed E-state index contributed by atoms with van der Waals surface area (Å²) in [5.74, 6) is -1.84. The summed E-state index contributed by atoms with van der Waals surface area (Å²) in [4.78, 5) is 38.2. The van der Waals surface area contributed by atoms with Crippen molar-refractivity contribution in [1.29, 1.82) is 0 Å². The molecule has 0 aromatic carbocycles. The molecule has 0 atom stereocenters. The van der Waals surface area contributed by atoms with Crippen LogP contribution in [0.3, 0.4) is 0 Å². The number of carbonyl (C=O) groups excluding carboxylic acids is 2. The quantitative estimate of drug-likeness (QED) is 0.542. The zero-order chi connectivity index (χ0) is 22.4. The summed E-state index contributed by atoms with van der Waals surface area (Å²) < 4.78 is 2.38. The van der Waals surface area contributed by atoms with Crippen molar-refractivity contribution in [3.63, 3.8) is 0 Å². The lowest BCUT2D eigenvalue weighted by Crippen LogP contribution is -2.38. The van der Waals surface area contributed by atoms with Crippen molar-refractivity contribution in [2.75, 3.05) is 6.54 Å². The SMILES string of the molecule is CC(C)(C)Cn1c(=O)c(C(=O)NC2CC2)c(O)n2nc(C(=O)NCC(C)(C)O)cc12. The smallest absolute Gasteiger partial charge is 0.271 e. The Balaban J connectivity index is 2.11. The van der Waals surface area contributed by atoms with Crippen LogP contribution in [0, 0.1) is 5.41 Å². The van der Waals surface area contributed by atoms with E-state index < -0.39 is 34.4 Å². The molecule has 3 rings (SSSR count). The van der Waals surface area contributed by atoms with Crippen LogP contribution in [0.2, 0.25) is 0 Å². The van der Waals surface area contributed by atoms with Crippen LogP contribution in [0.4, 0.5) is 0 Å². The number of hydrogen-bond acceptors (Lipinski definition) is 6. The maximum Gasteiger partial charge on any atom is 0.271 e. The number of rotatable bonds is 6. The largest absolute Gasteiger partial charge is 0.492 e. The highest BCUT2D eigenvalue weighted by Crippen LogP contribution is 2.24. The zero-order valence-corrected chi connectivity index (χ0v) is 17.9. The summed E-state index contributed by atoms with van der Waals surface area (Å²) >= 11 is 0. The Kier molecular flexibility index (Phi) is 5.40. The van der Waals surface area contributed by atoms with Crippen molar-refractivity contribution < 1.29 is 19.8 Å². The average Bonchev–Trinajstić information content (AvgIpc) is 3.29. The van der Waals surface area contributed by atoms with Crippen LogP contribution in [0.1, 0.15) is 68.3 Å². The second-order valence-corrected chi connectivity index (χ2v) is 9.69. The first-order valence-electron chi connectivity index (χ1n) is 9.94. The number of amides is 2. The molecule has 2 heterocycles. The fourth-order valence-electron chi connectivity index (χ4n) is 2.97. The molecule has 1 saturated carbocycles. The molecule has 1 aliphatic carbocycles. The molecule has 1 fully saturated rings. The molecule has 164 valence electrons. The standard InChI is InChI=1S/C20H29N5O5/c1-19(2,3)10-24-13-8-12(15(26)21-9-20(4,5)30)23-25(13)18(29)14(17(24)28)16(27)22-11-6-7-11/h8,11,29-30H,6-7,9-10H2,1-5H3,(H,21,26)(H,22,27). The Morgan fingerprint density at radius 3 is 2.37 bits per heavy atom. The summed E-state index contributed by atoms with van der Waals surface area (Å²) in [7, 11) is 0. The van der Waals surface area contributed by atoms with Gasteiger partial charge in [-0.15, -0.1) is 0 Å². The predicted octanol–water partition coefficient (Wildman–Crippen LogP) is 0.641. The van der Waals surface area contributed by atoms with E-state index in [0.29, 0.717) is 0 Å². The summed E-state index contributed by atoms with van der Waals surface area (Å²) in [5, 5.41) is 29.9. The van der Waals surface area contributed by atoms with Crippen LogP contribution in [-0.2, 0) is 6.54 Å². The van der Waals surface area contributed by atoms with Crippen molar-refractivity contribution >= 4 is 17.5 Å². The van der Waals surface area contributed by atoms with Gasteiger partial charge in [0.2, 0.25) is 5.88 Å². The Morgan fingerprint density at radius 1 is 1.20 bits per heavy atom. The molecule has 2 amide bonds. The highest BCUT2D eigenvalue weighted by atomic mass is 16.3. The molecule has 30 heavy (non-hydrogen) atoms. The number of nitrogens with one attached hydrogen (secondary N) is 2. The lowest BCUT2D eigenvalue weighted by molar-refractivity contribution is 0.0691. The minimum Gasteiger partial charge on any atom is -0.492 e. The van der Waals surface area contributed by atoms with Crippen LogP contribution in [0.5, 0.6) is 5.88 Å². The van der Waals surface area contributed by atoms with E-state index in [2.05, 4.69) is 15.7 Å². The zero-order valence-electron chi connectivity index (χ0n) is 17.9.